The second-order valence-electron chi connectivity index (χ2n) is 7.35. The van der Waals surface area contributed by atoms with Crippen LogP contribution in [0.1, 0.15) is 25.8 Å². The van der Waals surface area contributed by atoms with Crippen molar-refractivity contribution in [1.29, 1.82) is 0 Å². The number of pyridine rings is 1. The molecule has 0 saturated heterocycles. The molecule has 0 radical (unpaired) electrons. The highest BCUT2D eigenvalue weighted by atomic mass is 35.5. The van der Waals surface area contributed by atoms with Crippen LogP contribution in [0, 0.1) is 0 Å². The zero-order chi connectivity index (χ0) is 20.3. The van der Waals surface area contributed by atoms with Crippen molar-refractivity contribution >= 4 is 29.1 Å². The molecule has 0 bridgehead atoms. The predicted octanol–water partition coefficient (Wildman–Crippen LogP) is 3.33. The number of benzene rings is 1. The summed E-state index contributed by atoms with van der Waals surface area (Å²) in [6.07, 6.45) is 4.46. The van der Waals surface area contributed by atoms with E-state index in [9.17, 15) is 9.59 Å². The molecule has 6 nitrogen and oxygen atoms in total. The van der Waals surface area contributed by atoms with Gasteiger partial charge < -0.3 is 14.5 Å². The Morgan fingerprint density at radius 2 is 1.96 bits per heavy atom. The first kappa shape index (κ1) is 20.1. The summed E-state index contributed by atoms with van der Waals surface area (Å²) in [7, 11) is 1.78. The Morgan fingerprint density at radius 1 is 1.25 bits per heavy atom. The Balaban J connectivity index is 1.65. The molecule has 0 fully saturated rings. The number of fused-ring (bicyclic) bond motifs is 1. The molecule has 7 heteroatoms. The van der Waals surface area contributed by atoms with Crippen molar-refractivity contribution in [3.63, 3.8) is 0 Å². The first-order valence-corrected chi connectivity index (χ1v) is 9.59. The molecule has 0 atom stereocenters. The van der Waals surface area contributed by atoms with Crippen molar-refractivity contribution in [3.8, 4) is 5.75 Å². The fourth-order valence-electron chi connectivity index (χ4n) is 3.13. The van der Waals surface area contributed by atoms with E-state index < -0.39 is 5.60 Å². The molecule has 1 aliphatic heterocycles. The van der Waals surface area contributed by atoms with E-state index in [4.69, 9.17) is 16.3 Å². The molecular weight excluding hydrogens is 378 g/mol. The van der Waals surface area contributed by atoms with Gasteiger partial charge in [0.1, 0.15) is 5.75 Å². The van der Waals surface area contributed by atoms with Gasteiger partial charge in [-0.25, -0.2) is 0 Å². The van der Waals surface area contributed by atoms with Crippen molar-refractivity contribution in [2.45, 2.75) is 32.3 Å². The Bertz CT molecular complexity index is 870. The molecule has 2 heterocycles. The maximum Gasteiger partial charge on any atom is 0.270 e. The van der Waals surface area contributed by atoms with E-state index in [0.29, 0.717) is 23.0 Å². The lowest BCUT2D eigenvalue weighted by molar-refractivity contribution is -0.133. The van der Waals surface area contributed by atoms with E-state index in [2.05, 4.69) is 4.98 Å². The van der Waals surface area contributed by atoms with Crippen LogP contribution in [0.25, 0.3) is 0 Å². The third kappa shape index (κ3) is 4.44. The fourth-order valence-corrected chi connectivity index (χ4v) is 3.30. The SMILES string of the molecule is CN(CCc1ccncc1)C(=O)CCN1C(=O)C(C)(C)Oc2ccc(Cl)cc21. The second-order valence-corrected chi connectivity index (χ2v) is 7.79. The van der Waals surface area contributed by atoms with Crippen LogP contribution in [0.5, 0.6) is 5.75 Å². The minimum absolute atomic E-state index is 0.0188. The predicted molar refractivity (Wildman–Crippen MR) is 109 cm³/mol. The van der Waals surface area contributed by atoms with Gasteiger partial charge >= 0.3 is 0 Å². The van der Waals surface area contributed by atoms with Crippen molar-refractivity contribution in [2.24, 2.45) is 0 Å². The number of rotatable bonds is 6. The zero-order valence-electron chi connectivity index (χ0n) is 16.3. The zero-order valence-corrected chi connectivity index (χ0v) is 17.1. The van der Waals surface area contributed by atoms with E-state index >= 15 is 0 Å². The van der Waals surface area contributed by atoms with Gasteiger partial charge in [0.25, 0.3) is 5.91 Å². The van der Waals surface area contributed by atoms with Gasteiger partial charge in [-0.05, 0) is 56.2 Å². The van der Waals surface area contributed by atoms with Gasteiger partial charge in [-0.3, -0.25) is 14.6 Å². The molecule has 0 unspecified atom stereocenters. The smallest absolute Gasteiger partial charge is 0.270 e. The third-order valence-corrected chi connectivity index (χ3v) is 5.03. The number of carbonyl (C=O) groups is 2. The molecule has 2 aromatic rings. The van der Waals surface area contributed by atoms with Crippen LogP contribution in [0.15, 0.2) is 42.7 Å². The molecule has 1 aliphatic rings. The summed E-state index contributed by atoms with van der Waals surface area (Å²) in [6, 6.07) is 9.05. The molecule has 0 N–H and O–H groups in total. The second kappa shape index (κ2) is 8.19. The van der Waals surface area contributed by atoms with Crippen LogP contribution in [0.4, 0.5) is 5.69 Å². The van der Waals surface area contributed by atoms with Crippen molar-refractivity contribution in [1.82, 2.24) is 9.88 Å². The minimum Gasteiger partial charge on any atom is -0.476 e. The van der Waals surface area contributed by atoms with Crippen LogP contribution in [0.2, 0.25) is 5.02 Å². The molecule has 0 aliphatic carbocycles. The van der Waals surface area contributed by atoms with Gasteiger partial charge in [-0.15, -0.1) is 0 Å². The third-order valence-electron chi connectivity index (χ3n) is 4.80. The standard InChI is InChI=1S/C21H24ClN3O3/c1-21(2)20(27)25(17-14-16(22)4-5-18(17)28-21)13-9-19(26)24(3)12-8-15-6-10-23-11-7-15/h4-7,10-11,14H,8-9,12-13H2,1-3H3. The Morgan fingerprint density at radius 3 is 2.68 bits per heavy atom. The number of aromatic nitrogens is 1. The Hall–Kier alpha value is -2.60. The minimum atomic E-state index is -0.989. The van der Waals surface area contributed by atoms with Crippen molar-refractivity contribution < 1.29 is 14.3 Å². The van der Waals surface area contributed by atoms with E-state index in [1.807, 2.05) is 12.1 Å². The van der Waals surface area contributed by atoms with E-state index in [0.717, 1.165) is 12.0 Å². The number of hydrogen-bond donors (Lipinski definition) is 0. The highest BCUT2D eigenvalue weighted by Crippen LogP contribution is 2.39. The summed E-state index contributed by atoms with van der Waals surface area (Å²) in [6.45, 7) is 4.33. The fraction of sp³-hybridized carbons (Fsp3) is 0.381. The van der Waals surface area contributed by atoms with Gasteiger partial charge in [-0.2, -0.15) is 0 Å². The van der Waals surface area contributed by atoms with Gasteiger partial charge in [0.05, 0.1) is 5.69 Å². The van der Waals surface area contributed by atoms with Gasteiger partial charge in [0.15, 0.2) is 5.60 Å². The topological polar surface area (TPSA) is 62.7 Å². The summed E-state index contributed by atoms with van der Waals surface area (Å²) in [5, 5.41) is 0.514. The highest BCUT2D eigenvalue weighted by Gasteiger charge is 2.41. The number of nitrogens with zero attached hydrogens (tertiary/aromatic N) is 3. The first-order chi connectivity index (χ1) is 13.3. The van der Waals surface area contributed by atoms with Crippen molar-refractivity contribution in [2.75, 3.05) is 25.0 Å². The quantitative estimate of drug-likeness (QED) is 0.744. The molecule has 148 valence electrons. The number of hydrogen-bond acceptors (Lipinski definition) is 4. The average Bonchev–Trinajstić information content (AvgIpc) is 2.67. The van der Waals surface area contributed by atoms with Crippen LogP contribution in [0.3, 0.4) is 0 Å². The number of ether oxygens (including phenoxy) is 1. The number of halogens is 1. The number of amides is 2. The Labute approximate surface area is 170 Å². The molecule has 0 spiro atoms. The molecule has 3 rings (SSSR count). The molecule has 2 amide bonds. The van der Waals surface area contributed by atoms with Crippen LogP contribution >= 0.6 is 11.6 Å². The van der Waals surface area contributed by atoms with Crippen LogP contribution in [-0.4, -0.2) is 47.4 Å². The normalized spacial score (nSPS) is 15.0. The van der Waals surface area contributed by atoms with Gasteiger partial charge in [-0.1, -0.05) is 11.6 Å². The summed E-state index contributed by atoms with van der Waals surface area (Å²) in [4.78, 5) is 32.7. The van der Waals surface area contributed by atoms with Gasteiger partial charge in [0.2, 0.25) is 5.91 Å². The van der Waals surface area contributed by atoms with Crippen molar-refractivity contribution in [3.05, 3.63) is 53.3 Å². The summed E-state index contributed by atoms with van der Waals surface area (Å²) in [5.74, 6) is 0.386. The summed E-state index contributed by atoms with van der Waals surface area (Å²) in [5.41, 5.74) is 0.740. The maximum atomic E-state index is 12.8. The number of anilines is 1. The number of carbonyl (C=O) groups excluding carboxylic acids is 2. The van der Waals surface area contributed by atoms with E-state index in [-0.39, 0.29) is 24.8 Å². The van der Waals surface area contributed by atoms with Crippen LogP contribution < -0.4 is 9.64 Å². The molecule has 1 aromatic heterocycles. The maximum absolute atomic E-state index is 12.8. The van der Waals surface area contributed by atoms with E-state index in [1.54, 1.807) is 61.3 Å². The lowest BCUT2D eigenvalue weighted by atomic mass is 10.0. The number of likely N-dealkylation sites (N-methyl/N-ethyl adjacent to an activating group) is 1. The van der Waals surface area contributed by atoms with Gasteiger partial charge in [0, 0.05) is 44.0 Å². The first-order valence-electron chi connectivity index (χ1n) is 9.21. The lowest BCUT2D eigenvalue weighted by Crippen LogP contribution is -2.53. The summed E-state index contributed by atoms with van der Waals surface area (Å²) >= 11 is 6.10. The molecule has 28 heavy (non-hydrogen) atoms. The largest absolute Gasteiger partial charge is 0.476 e. The highest BCUT2D eigenvalue weighted by molar-refractivity contribution is 6.31. The van der Waals surface area contributed by atoms with E-state index in [1.165, 1.54) is 0 Å². The lowest BCUT2D eigenvalue weighted by Gasteiger charge is -2.39. The Kier molecular flexibility index (Phi) is 5.89. The molecule has 1 aromatic carbocycles. The monoisotopic (exact) mass is 401 g/mol. The molecule has 0 saturated carbocycles. The molecular formula is C21H24ClN3O3. The average molecular weight is 402 g/mol. The summed E-state index contributed by atoms with van der Waals surface area (Å²) < 4.78 is 5.81. The van der Waals surface area contributed by atoms with Crippen LogP contribution in [-0.2, 0) is 16.0 Å².